The van der Waals surface area contributed by atoms with Gasteiger partial charge in [0.05, 0.1) is 26.5 Å². The second-order valence-electron chi connectivity index (χ2n) is 9.97. The van der Waals surface area contributed by atoms with Gasteiger partial charge < -0.3 is 4.57 Å². The maximum absolute atomic E-state index is 13.1. The zero-order valence-corrected chi connectivity index (χ0v) is 20.6. The molecule has 3 aromatic rings. The van der Waals surface area contributed by atoms with Crippen molar-refractivity contribution in [1.29, 1.82) is 0 Å². The van der Waals surface area contributed by atoms with E-state index in [1.54, 1.807) is 23.5 Å². The van der Waals surface area contributed by atoms with E-state index >= 15 is 0 Å². The number of hydrogen-bond acceptors (Lipinski definition) is 4. The number of rotatable bonds is 6. The molecular weight excluding hydrogens is 436 g/mol. The van der Waals surface area contributed by atoms with Crippen LogP contribution in [0.2, 0.25) is 0 Å². The van der Waals surface area contributed by atoms with E-state index < -0.39 is 15.9 Å². The molecule has 1 aromatic heterocycles. The number of hydrogen-bond donors (Lipinski definition) is 0. The van der Waals surface area contributed by atoms with Crippen molar-refractivity contribution in [2.24, 2.45) is 5.92 Å². The minimum absolute atomic E-state index is 0.0157. The van der Waals surface area contributed by atoms with E-state index in [2.05, 4.69) is 31.4 Å². The number of fused-ring (bicyclic) bond motifs is 1. The lowest BCUT2D eigenvalue weighted by atomic mass is 9.88. The molecule has 33 heavy (non-hydrogen) atoms. The highest BCUT2D eigenvalue weighted by molar-refractivity contribution is 7.86. The highest BCUT2D eigenvalue weighted by Crippen LogP contribution is 2.33. The van der Waals surface area contributed by atoms with Crippen molar-refractivity contribution >= 4 is 33.4 Å². The fraction of sp³-hybridized carbons (Fsp3) is 0.480. The third kappa shape index (κ3) is 4.95. The van der Waals surface area contributed by atoms with Gasteiger partial charge in [-0.05, 0) is 49.1 Å². The normalized spacial score (nSPS) is 16.1. The van der Waals surface area contributed by atoms with Gasteiger partial charge in [0.25, 0.3) is 5.69 Å². The Morgan fingerprint density at radius 3 is 2.39 bits per heavy atom. The van der Waals surface area contributed by atoms with Gasteiger partial charge >= 0.3 is 0 Å². The molecule has 0 bridgehead atoms. The van der Waals surface area contributed by atoms with Gasteiger partial charge in [-0.15, -0.1) is 0 Å². The molecule has 1 aliphatic rings. The predicted octanol–water partition coefficient (Wildman–Crippen LogP) is 5.98. The second kappa shape index (κ2) is 9.25. The molecule has 2 aromatic carbocycles. The van der Waals surface area contributed by atoms with E-state index in [9.17, 15) is 14.3 Å². The Kier molecular flexibility index (Phi) is 6.56. The monoisotopic (exact) mass is 468 g/mol. The molecule has 176 valence electrons. The van der Waals surface area contributed by atoms with E-state index in [-0.39, 0.29) is 11.1 Å². The molecule has 7 nitrogen and oxygen atoms in total. The van der Waals surface area contributed by atoms with Crippen LogP contribution in [0.1, 0.15) is 58.7 Å². The maximum atomic E-state index is 13.1. The molecule has 1 aliphatic carbocycles. The number of nitro groups is 1. The van der Waals surface area contributed by atoms with Crippen molar-refractivity contribution in [2.45, 2.75) is 69.7 Å². The summed E-state index contributed by atoms with van der Waals surface area (Å²) in [7, 11) is 0.278. The highest BCUT2D eigenvalue weighted by atomic mass is 32.2. The highest BCUT2D eigenvalue weighted by Gasteiger charge is 2.26. The number of anilines is 1. The van der Waals surface area contributed by atoms with Gasteiger partial charge in [-0.25, -0.2) is 9.19 Å². The van der Waals surface area contributed by atoms with E-state index in [0.717, 1.165) is 29.1 Å². The van der Waals surface area contributed by atoms with Gasteiger partial charge in [-0.2, -0.15) is 0 Å². The maximum Gasteiger partial charge on any atom is 0.269 e. The van der Waals surface area contributed by atoms with Gasteiger partial charge in [0.15, 0.2) is 11.0 Å². The molecule has 0 radical (unpaired) electrons. The first-order valence-electron chi connectivity index (χ1n) is 11.6. The lowest BCUT2D eigenvalue weighted by molar-refractivity contribution is -0.384. The van der Waals surface area contributed by atoms with Crippen LogP contribution in [0.5, 0.6) is 0 Å². The van der Waals surface area contributed by atoms with Crippen LogP contribution in [0.4, 0.5) is 11.4 Å². The average Bonchev–Trinajstić information content (AvgIpc) is 3.17. The van der Waals surface area contributed by atoms with E-state index in [0.29, 0.717) is 10.8 Å². The van der Waals surface area contributed by atoms with Crippen LogP contribution in [0.25, 0.3) is 11.0 Å². The molecular formula is C25H32N4O3S. The van der Waals surface area contributed by atoms with Gasteiger partial charge in [-0.3, -0.25) is 14.4 Å². The molecule has 0 spiro atoms. The summed E-state index contributed by atoms with van der Waals surface area (Å²) in [6, 6.07) is 11.9. The van der Waals surface area contributed by atoms with Crippen molar-refractivity contribution in [3.05, 3.63) is 58.4 Å². The Hall–Kier alpha value is -2.74. The summed E-state index contributed by atoms with van der Waals surface area (Å²) in [6.07, 6.45) is 6.52. The number of nitrogens with zero attached hydrogens (tertiary/aromatic N) is 4. The quantitative estimate of drug-likeness (QED) is 0.329. The first-order chi connectivity index (χ1) is 15.6. The van der Waals surface area contributed by atoms with E-state index in [1.165, 1.54) is 44.2 Å². The Balaban J connectivity index is 1.65. The van der Waals surface area contributed by atoms with Gasteiger partial charge in [0, 0.05) is 31.1 Å². The largest absolute Gasteiger partial charge is 0.327 e. The Morgan fingerprint density at radius 2 is 1.79 bits per heavy atom. The van der Waals surface area contributed by atoms with Crippen LogP contribution in [-0.2, 0) is 22.9 Å². The Bertz CT molecular complexity index is 1170. The van der Waals surface area contributed by atoms with E-state index in [1.807, 2.05) is 12.1 Å². The molecule has 1 heterocycles. The number of non-ortho nitro benzene ring substituents is 1. The smallest absolute Gasteiger partial charge is 0.269 e. The number of imidazole rings is 1. The van der Waals surface area contributed by atoms with Crippen LogP contribution >= 0.6 is 0 Å². The summed E-state index contributed by atoms with van der Waals surface area (Å²) in [5.41, 5.74) is 2.71. The minimum Gasteiger partial charge on any atom is -0.327 e. The van der Waals surface area contributed by atoms with Crippen LogP contribution in [-0.4, -0.2) is 25.7 Å². The van der Waals surface area contributed by atoms with Crippen molar-refractivity contribution in [3.8, 4) is 0 Å². The zero-order valence-electron chi connectivity index (χ0n) is 19.8. The van der Waals surface area contributed by atoms with Crippen molar-refractivity contribution in [2.75, 3.05) is 11.4 Å². The standard InChI is InChI=1S/C25H32N4O3S/c1-25(2,3)24-26-22-16-20(12-15-23(22)28(24)17-18-8-6-5-7-9-18)27(4)33(32)21-13-10-19(11-14-21)29(30)31/h10-16,18H,5-9,17H2,1-4H3. The predicted molar refractivity (Wildman–Crippen MR) is 133 cm³/mol. The van der Waals surface area contributed by atoms with Gasteiger partial charge in [0.1, 0.15) is 5.82 Å². The van der Waals surface area contributed by atoms with Crippen LogP contribution in [0, 0.1) is 16.0 Å². The summed E-state index contributed by atoms with van der Waals surface area (Å²) in [5.74, 6) is 1.77. The second-order valence-corrected chi connectivity index (χ2v) is 11.5. The van der Waals surface area contributed by atoms with Gasteiger partial charge in [-0.1, -0.05) is 40.0 Å². The third-order valence-electron chi connectivity index (χ3n) is 6.43. The fourth-order valence-electron chi connectivity index (χ4n) is 4.64. The van der Waals surface area contributed by atoms with Crippen LogP contribution in [0.15, 0.2) is 47.4 Å². The molecule has 1 atom stereocenters. The molecule has 0 aliphatic heterocycles. The fourth-order valence-corrected chi connectivity index (χ4v) is 5.63. The first kappa shape index (κ1) is 23.4. The number of nitro benzene ring substituents is 1. The molecule has 0 N–H and O–H groups in total. The molecule has 0 saturated heterocycles. The van der Waals surface area contributed by atoms with Crippen molar-refractivity contribution < 1.29 is 9.13 Å². The summed E-state index contributed by atoms with van der Waals surface area (Å²) < 4.78 is 17.2. The number of aromatic nitrogens is 2. The summed E-state index contributed by atoms with van der Waals surface area (Å²) in [4.78, 5) is 16.0. The topological polar surface area (TPSA) is 81.3 Å². The third-order valence-corrected chi connectivity index (χ3v) is 7.81. The lowest BCUT2D eigenvalue weighted by Gasteiger charge is -2.26. The minimum atomic E-state index is -1.49. The summed E-state index contributed by atoms with van der Waals surface area (Å²) >= 11 is 0. The Morgan fingerprint density at radius 1 is 1.12 bits per heavy atom. The summed E-state index contributed by atoms with van der Waals surface area (Å²) in [5, 5.41) is 10.9. The van der Waals surface area contributed by atoms with Gasteiger partial charge in [0.2, 0.25) is 0 Å². The summed E-state index contributed by atoms with van der Waals surface area (Å²) in [6.45, 7) is 7.58. The van der Waals surface area contributed by atoms with Crippen LogP contribution in [0.3, 0.4) is 0 Å². The number of benzene rings is 2. The molecule has 4 rings (SSSR count). The van der Waals surface area contributed by atoms with Crippen LogP contribution < -0.4 is 4.31 Å². The van der Waals surface area contributed by atoms with Crippen molar-refractivity contribution in [3.63, 3.8) is 0 Å². The Labute approximate surface area is 197 Å². The molecule has 1 fully saturated rings. The SMILES string of the molecule is CN(c1ccc2c(c1)nc(C(C)(C)C)n2CC1CCCCC1)S(=O)c1ccc([N+](=O)[O-])cc1. The molecule has 1 saturated carbocycles. The average molecular weight is 469 g/mol. The van der Waals surface area contributed by atoms with Crippen molar-refractivity contribution in [1.82, 2.24) is 9.55 Å². The first-order valence-corrected chi connectivity index (χ1v) is 12.7. The molecule has 8 heteroatoms. The van der Waals surface area contributed by atoms with E-state index in [4.69, 9.17) is 4.98 Å². The zero-order chi connectivity index (χ0) is 23.8. The molecule has 1 unspecified atom stereocenters. The lowest BCUT2D eigenvalue weighted by Crippen LogP contribution is -2.22. The molecule has 0 amide bonds.